The number of carboxylic acids is 1. The minimum absolute atomic E-state index is 0.0662. The van der Waals surface area contributed by atoms with E-state index in [9.17, 15) is 24.8 Å². The molecule has 1 unspecified atom stereocenters. The Bertz CT molecular complexity index is 1190. The molecule has 3 aromatic rings. The van der Waals surface area contributed by atoms with Gasteiger partial charge in [0.1, 0.15) is 29.4 Å². The van der Waals surface area contributed by atoms with Gasteiger partial charge in [-0.3, -0.25) is 10.1 Å². The molecule has 0 amide bonds. The number of benzene rings is 3. The molecule has 0 fully saturated rings. The van der Waals surface area contributed by atoms with Crippen LogP contribution < -0.4 is 14.2 Å². The van der Waals surface area contributed by atoms with E-state index in [1.807, 2.05) is 13.8 Å². The van der Waals surface area contributed by atoms with E-state index in [1.165, 1.54) is 30.3 Å². The second-order valence-electron chi connectivity index (χ2n) is 7.91. The first-order valence-electron chi connectivity index (χ1n) is 10.9. The molecule has 0 aromatic heterocycles. The number of nitro benzene ring substituents is 1. The standard InChI is InChI=1S/C26H25NO8/c1-3-17(2)15-34-24-14-22(12-13-23(24)25(28)29)33-16-18-4-6-19(7-5-18)26(30)35-21-10-8-20(9-11-21)27(31)32/h4-14,17H,3,15-16H2,1-2H3,(H,28,29). The van der Waals surface area contributed by atoms with Crippen molar-refractivity contribution in [1.82, 2.24) is 0 Å². The molecule has 0 aliphatic rings. The van der Waals surface area contributed by atoms with Crippen LogP contribution in [0.25, 0.3) is 0 Å². The minimum atomic E-state index is -1.08. The van der Waals surface area contributed by atoms with Gasteiger partial charge in [-0.25, -0.2) is 9.59 Å². The number of rotatable bonds is 11. The number of nitrogens with zero attached hydrogens (tertiary/aromatic N) is 1. The van der Waals surface area contributed by atoms with E-state index in [2.05, 4.69) is 0 Å². The lowest BCUT2D eigenvalue weighted by Gasteiger charge is -2.14. The number of aromatic carboxylic acids is 1. The molecule has 1 atom stereocenters. The summed E-state index contributed by atoms with van der Waals surface area (Å²) < 4.78 is 16.7. The Balaban J connectivity index is 1.60. The van der Waals surface area contributed by atoms with Crippen LogP contribution >= 0.6 is 0 Å². The van der Waals surface area contributed by atoms with E-state index in [0.29, 0.717) is 17.9 Å². The molecule has 0 aliphatic heterocycles. The van der Waals surface area contributed by atoms with Gasteiger partial charge in [0.25, 0.3) is 5.69 Å². The first-order valence-corrected chi connectivity index (χ1v) is 10.9. The first kappa shape index (κ1) is 25.2. The van der Waals surface area contributed by atoms with E-state index in [4.69, 9.17) is 14.2 Å². The zero-order chi connectivity index (χ0) is 25.4. The third kappa shape index (κ3) is 7.04. The lowest BCUT2D eigenvalue weighted by atomic mass is 10.1. The predicted molar refractivity (Wildman–Crippen MR) is 127 cm³/mol. The molecule has 0 heterocycles. The van der Waals surface area contributed by atoms with E-state index in [1.54, 1.807) is 36.4 Å². The quantitative estimate of drug-likeness (QED) is 0.165. The van der Waals surface area contributed by atoms with Crippen LogP contribution in [-0.2, 0) is 6.61 Å². The summed E-state index contributed by atoms with van der Waals surface area (Å²) in [5.74, 6) is -0.489. The number of hydrogen-bond acceptors (Lipinski definition) is 7. The van der Waals surface area contributed by atoms with Crippen LogP contribution in [0.4, 0.5) is 5.69 Å². The number of esters is 1. The first-order chi connectivity index (χ1) is 16.8. The highest BCUT2D eigenvalue weighted by molar-refractivity contribution is 5.91. The molecule has 0 radical (unpaired) electrons. The summed E-state index contributed by atoms with van der Waals surface area (Å²) in [6, 6.07) is 16.4. The van der Waals surface area contributed by atoms with Crippen molar-refractivity contribution in [3.05, 3.63) is 93.5 Å². The molecular weight excluding hydrogens is 454 g/mol. The maximum Gasteiger partial charge on any atom is 0.343 e. The number of carboxylic acid groups (broad SMARTS) is 1. The number of hydrogen-bond donors (Lipinski definition) is 1. The smallest absolute Gasteiger partial charge is 0.343 e. The Morgan fingerprint density at radius 3 is 2.23 bits per heavy atom. The molecule has 9 nitrogen and oxygen atoms in total. The molecule has 3 rings (SSSR count). The third-order valence-electron chi connectivity index (χ3n) is 5.26. The Morgan fingerprint density at radius 1 is 0.971 bits per heavy atom. The molecule has 0 bridgehead atoms. The number of non-ortho nitro benzene ring substituents is 1. The van der Waals surface area contributed by atoms with E-state index in [0.717, 1.165) is 12.0 Å². The summed E-state index contributed by atoms with van der Waals surface area (Å²) in [7, 11) is 0. The van der Waals surface area contributed by atoms with E-state index < -0.39 is 16.9 Å². The van der Waals surface area contributed by atoms with Gasteiger partial charge < -0.3 is 19.3 Å². The lowest BCUT2D eigenvalue weighted by Crippen LogP contribution is -2.10. The van der Waals surface area contributed by atoms with Crippen molar-refractivity contribution in [3.8, 4) is 17.2 Å². The van der Waals surface area contributed by atoms with Gasteiger partial charge in [-0.15, -0.1) is 0 Å². The molecule has 0 aliphatic carbocycles. The fourth-order valence-electron chi connectivity index (χ4n) is 2.94. The van der Waals surface area contributed by atoms with Gasteiger partial charge in [0.15, 0.2) is 0 Å². The topological polar surface area (TPSA) is 125 Å². The monoisotopic (exact) mass is 479 g/mol. The van der Waals surface area contributed by atoms with Crippen LogP contribution in [0.1, 0.15) is 46.5 Å². The second-order valence-corrected chi connectivity index (χ2v) is 7.91. The summed E-state index contributed by atoms with van der Waals surface area (Å²) in [6.45, 7) is 4.64. The van der Waals surface area contributed by atoms with Crippen LogP contribution in [0.2, 0.25) is 0 Å². The van der Waals surface area contributed by atoms with Crippen molar-refractivity contribution >= 4 is 17.6 Å². The summed E-state index contributed by atoms with van der Waals surface area (Å²) >= 11 is 0. The Hall–Kier alpha value is -4.40. The molecule has 3 aromatic carbocycles. The highest BCUT2D eigenvalue weighted by atomic mass is 16.6. The number of ether oxygens (including phenoxy) is 3. The van der Waals surface area contributed by atoms with Crippen LogP contribution in [0.15, 0.2) is 66.7 Å². The largest absolute Gasteiger partial charge is 0.492 e. The molecule has 0 saturated heterocycles. The summed E-state index contributed by atoms with van der Waals surface area (Å²) in [6.07, 6.45) is 0.913. The molecule has 182 valence electrons. The molecule has 9 heteroatoms. The van der Waals surface area contributed by atoms with Crippen molar-refractivity contribution in [1.29, 1.82) is 0 Å². The number of nitro groups is 1. The fraction of sp³-hybridized carbons (Fsp3) is 0.231. The summed E-state index contributed by atoms with van der Waals surface area (Å²) in [5.41, 5.74) is 1.05. The van der Waals surface area contributed by atoms with Gasteiger partial charge in [-0.2, -0.15) is 0 Å². The van der Waals surface area contributed by atoms with E-state index >= 15 is 0 Å². The molecule has 0 saturated carbocycles. The lowest BCUT2D eigenvalue weighted by molar-refractivity contribution is -0.384. The number of carbonyl (C=O) groups is 2. The third-order valence-corrected chi connectivity index (χ3v) is 5.26. The van der Waals surface area contributed by atoms with E-state index in [-0.39, 0.29) is 35.3 Å². The van der Waals surface area contributed by atoms with Gasteiger partial charge in [-0.05, 0) is 47.9 Å². The maximum absolute atomic E-state index is 12.3. The van der Waals surface area contributed by atoms with Crippen molar-refractivity contribution in [2.24, 2.45) is 5.92 Å². The van der Waals surface area contributed by atoms with Gasteiger partial charge in [0, 0.05) is 18.2 Å². The summed E-state index contributed by atoms with van der Waals surface area (Å²) in [5, 5.41) is 20.1. The maximum atomic E-state index is 12.3. The summed E-state index contributed by atoms with van der Waals surface area (Å²) in [4.78, 5) is 34.0. The molecule has 1 N–H and O–H groups in total. The zero-order valence-corrected chi connectivity index (χ0v) is 19.3. The van der Waals surface area contributed by atoms with Crippen LogP contribution in [0.3, 0.4) is 0 Å². The van der Waals surface area contributed by atoms with Crippen LogP contribution in [-0.4, -0.2) is 28.6 Å². The Morgan fingerprint density at radius 2 is 1.63 bits per heavy atom. The predicted octanol–water partition coefficient (Wildman–Crippen LogP) is 5.52. The van der Waals surface area contributed by atoms with Crippen molar-refractivity contribution in [2.45, 2.75) is 26.9 Å². The molecule has 0 spiro atoms. The fourth-order valence-corrected chi connectivity index (χ4v) is 2.94. The van der Waals surface area contributed by atoms with Gasteiger partial charge >= 0.3 is 11.9 Å². The number of carbonyl (C=O) groups excluding carboxylic acids is 1. The molecule has 35 heavy (non-hydrogen) atoms. The average molecular weight is 479 g/mol. The Labute approximate surface area is 202 Å². The van der Waals surface area contributed by atoms with Crippen molar-refractivity contribution in [3.63, 3.8) is 0 Å². The van der Waals surface area contributed by atoms with Crippen LogP contribution in [0.5, 0.6) is 17.2 Å². The zero-order valence-electron chi connectivity index (χ0n) is 19.3. The van der Waals surface area contributed by atoms with Gasteiger partial charge in [0.05, 0.1) is 17.1 Å². The highest BCUT2D eigenvalue weighted by Gasteiger charge is 2.14. The average Bonchev–Trinajstić information content (AvgIpc) is 2.86. The van der Waals surface area contributed by atoms with Crippen molar-refractivity contribution < 1.29 is 33.8 Å². The highest BCUT2D eigenvalue weighted by Crippen LogP contribution is 2.27. The SMILES string of the molecule is CCC(C)COc1cc(OCc2ccc(C(=O)Oc3ccc([N+](=O)[O-])cc3)cc2)ccc1C(=O)O. The van der Waals surface area contributed by atoms with Crippen molar-refractivity contribution in [2.75, 3.05) is 6.61 Å². The minimum Gasteiger partial charge on any atom is -0.492 e. The van der Waals surface area contributed by atoms with Crippen LogP contribution in [0, 0.1) is 16.0 Å². The Kier molecular flexibility index (Phi) is 8.39. The van der Waals surface area contributed by atoms with Gasteiger partial charge in [-0.1, -0.05) is 32.4 Å². The van der Waals surface area contributed by atoms with Gasteiger partial charge in [0.2, 0.25) is 0 Å². The normalized spacial score (nSPS) is 11.4. The molecular formula is C26H25NO8. The second kappa shape index (κ2) is 11.6.